The van der Waals surface area contributed by atoms with Gasteiger partial charge in [0.05, 0.1) is 34.8 Å². The molecule has 1 fully saturated rings. The van der Waals surface area contributed by atoms with Gasteiger partial charge in [0.15, 0.2) is 0 Å². The quantitative estimate of drug-likeness (QED) is 0.942. The fraction of sp³-hybridized carbons (Fsp3) is 0.625. The lowest BCUT2D eigenvalue weighted by molar-refractivity contribution is 0.0322. The fourth-order valence-electron chi connectivity index (χ4n) is 3.60. The summed E-state index contributed by atoms with van der Waals surface area (Å²) in [6, 6.07) is 0. The molecule has 6 heteroatoms. The second kappa shape index (κ2) is 5.76. The maximum atomic E-state index is 5.55. The number of hydrogen-bond acceptors (Lipinski definition) is 5. The minimum absolute atomic E-state index is 0.0355. The Balaban J connectivity index is 1.63. The molecule has 2 aromatic heterocycles. The van der Waals surface area contributed by atoms with Gasteiger partial charge in [0.1, 0.15) is 0 Å². The first-order chi connectivity index (χ1) is 10.8. The molecule has 0 amide bonds. The van der Waals surface area contributed by atoms with Gasteiger partial charge in [0.2, 0.25) is 0 Å². The molecular weight excluding hydrogens is 296 g/mol. The minimum atomic E-state index is 0.0355. The number of aromatic nitrogens is 3. The number of thiazole rings is 1. The summed E-state index contributed by atoms with van der Waals surface area (Å²) in [4.78, 5) is 9.47. The second-order valence-electron chi connectivity index (χ2n) is 6.13. The monoisotopic (exact) mass is 318 g/mol. The number of ether oxygens (including phenoxy) is 1. The molecule has 0 radical (unpaired) electrons. The van der Waals surface area contributed by atoms with E-state index in [-0.39, 0.29) is 5.54 Å². The molecule has 22 heavy (non-hydrogen) atoms. The lowest BCUT2D eigenvalue weighted by Gasteiger charge is -2.40. The molecule has 2 aromatic rings. The molecule has 0 aromatic carbocycles. The number of fused-ring (bicyclic) bond motifs is 2. The van der Waals surface area contributed by atoms with E-state index in [1.807, 2.05) is 6.33 Å². The van der Waals surface area contributed by atoms with Gasteiger partial charge in [-0.25, -0.2) is 9.97 Å². The van der Waals surface area contributed by atoms with Crippen LogP contribution in [0.5, 0.6) is 0 Å². The van der Waals surface area contributed by atoms with Crippen molar-refractivity contribution in [2.75, 3.05) is 19.8 Å². The molecular formula is C16H22N4OS. The van der Waals surface area contributed by atoms with Gasteiger partial charge in [-0.3, -0.25) is 0 Å². The van der Waals surface area contributed by atoms with Crippen molar-refractivity contribution in [1.82, 2.24) is 19.9 Å². The van der Waals surface area contributed by atoms with Gasteiger partial charge in [-0.2, -0.15) is 0 Å². The van der Waals surface area contributed by atoms with Crippen LogP contribution < -0.4 is 5.32 Å². The summed E-state index contributed by atoms with van der Waals surface area (Å²) >= 11 is 1.76. The largest absolute Gasteiger partial charge is 0.381 e. The molecule has 2 aliphatic rings. The Morgan fingerprint density at radius 1 is 1.41 bits per heavy atom. The van der Waals surface area contributed by atoms with Gasteiger partial charge in [-0.15, -0.1) is 11.3 Å². The molecule has 0 unspecified atom stereocenters. The van der Waals surface area contributed by atoms with E-state index in [9.17, 15) is 0 Å². The number of imidazole rings is 1. The predicted octanol–water partition coefficient (Wildman–Crippen LogP) is 2.10. The Hall–Kier alpha value is -1.24. The van der Waals surface area contributed by atoms with Crippen LogP contribution in [0.15, 0.2) is 11.7 Å². The highest BCUT2D eigenvalue weighted by Crippen LogP contribution is 2.36. The summed E-state index contributed by atoms with van der Waals surface area (Å²) in [7, 11) is 0. The van der Waals surface area contributed by atoms with Gasteiger partial charge >= 0.3 is 0 Å². The van der Waals surface area contributed by atoms with Gasteiger partial charge in [-0.05, 0) is 19.3 Å². The Kier molecular flexibility index (Phi) is 3.76. The standard InChI is InChI=1S/C16H22N4OS/c1-2-14-19-12(10-22-14)9-20-11-17-15-13(20)3-6-18-16(15)4-7-21-8-5-16/h10-11,18H,2-9H2,1H3. The molecule has 0 aliphatic carbocycles. The molecule has 118 valence electrons. The zero-order chi connectivity index (χ0) is 15.0. The Bertz CT molecular complexity index is 657. The SMILES string of the molecule is CCc1nc(Cn2cnc3c2CCNC32CCOCC2)cs1. The fourth-order valence-corrected chi connectivity index (χ4v) is 4.34. The van der Waals surface area contributed by atoms with Crippen LogP contribution in [-0.2, 0) is 29.7 Å². The van der Waals surface area contributed by atoms with Crippen molar-refractivity contribution in [1.29, 1.82) is 0 Å². The zero-order valence-corrected chi connectivity index (χ0v) is 13.8. The topological polar surface area (TPSA) is 52.0 Å². The molecule has 4 heterocycles. The molecule has 5 nitrogen and oxygen atoms in total. The van der Waals surface area contributed by atoms with Crippen molar-refractivity contribution in [2.24, 2.45) is 0 Å². The molecule has 1 saturated heterocycles. The first-order valence-corrected chi connectivity index (χ1v) is 8.99. The zero-order valence-electron chi connectivity index (χ0n) is 13.0. The molecule has 1 spiro atoms. The first kappa shape index (κ1) is 14.4. The molecule has 0 bridgehead atoms. The van der Waals surface area contributed by atoms with Crippen molar-refractivity contribution in [3.63, 3.8) is 0 Å². The molecule has 0 saturated carbocycles. The summed E-state index contributed by atoms with van der Waals surface area (Å²) in [5, 5.41) is 7.10. The molecule has 0 atom stereocenters. The first-order valence-electron chi connectivity index (χ1n) is 8.11. The second-order valence-corrected chi connectivity index (χ2v) is 7.07. The summed E-state index contributed by atoms with van der Waals surface area (Å²) in [5.74, 6) is 0. The normalized spacial score (nSPS) is 20.2. The smallest absolute Gasteiger partial charge is 0.0956 e. The average molecular weight is 318 g/mol. The number of nitrogens with one attached hydrogen (secondary N) is 1. The average Bonchev–Trinajstić information content (AvgIpc) is 3.17. The van der Waals surface area contributed by atoms with E-state index in [2.05, 4.69) is 22.2 Å². The Labute approximate surface area is 134 Å². The highest BCUT2D eigenvalue weighted by molar-refractivity contribution is 7.09. The Morgan fingerprint density at radius 3 is 3.05 bits per heavy atom. The van der Waals surface area contributed by atoms with E-state index in [1.54, 1.807) is 11.3 Å². The van der Waals surface area contributed by atoms with Crippen LogP contribution in [0.3, 0.4) is 0 Å². The minimum Gasteiger partial charge on any atom is -0.381 e. The maximum absolute atomic E-state index is 5.55. The van der Waals surface area contributed by atoms with E-state index in [0.29, 0.717) is 0 Å². The lowest BCUT2D eigenvalue weighted by Crippen LogP contribution is -2.51. The number of nitrogens with zero attached hydrogens (tertiary/aromatic N) is 3. The van der Waals surface area contributed by atoms with Crippen molar-refractivity contribution in [2.45, 2.75) is 44.7 Å². The number of aryl methyl sites for hydroxylation is 1. The van der Waals surface area contributed by atoms with Gasteiger partial charge < -0.3 is 14.6 Å². The van der Waals surface area contributed by atoms with E-state index in [4.69, 9.17) is 14.7 Å². The van der Waals surface area contributed by atoms with E-state index in [1.165, 1.54) is 16.4 Å². The van der Waals surface area contributed by atoms with Gasteiger partial charge in [0.25, 0.3) is 0 Å². The maximum Gasteiger partial charge on any atom is 0.0956 e. The summed E-state index contributed by atoms with van der Waals surface area (Å²) in [6.45, 7) is 5.67. The summed E-state index contributed by atoms with van der Waals surface area (Å²) < 4.78 is 7.84. The number of rotatable bonds is 3. The van der Waals surface area contributed by atoms with Gasteiger partial charge in [-0.1, -0.05) is 6.92 Å². The third-order valence-corrected chi connectivity index (χ3v) is 5.85. The van der Waals surface area contributed by atoms with Crippen LogP contribution in [0.1, 0.15) is 41.9 Å². The summed E-state index contributed by atoms with van der Waals surface area (Å²) in [5.41, 5.74) is 3.81. The van der Waals surface area contributed by atoms with E-state index >= 15 is 0 Å². The lowest BCUT2D eigenvalue weighted by atomic mass is 9.82. The van der Waals surface area contributed by atoms with Crippen LogP contribution in [0, 0.1) is 0 Å². The van der Waals surface area contributed by atoms with E-state index < -0.39 is 0 Å². The van der Waals surface area contributed by atoms with Crippen LogP contribution in [0.2, 0.25) is 0 Å². The highest BCUT2D eigenvalue weighted by atomic mass is 32.1. The number of hydrogen-bond donors (Lipinski definition) is 1. The van der Waals surface area contributed by atoms with Crippen molar-refractivity contribution < 1.29 is 4.74 Å². The van der Waals surface area contributed by atoms with Crippen LogP contribution in [0.25, 0.3) is 0 Å². The van der Waals surface area contributed by atoms with Crippen LogP contribution in [0.4, 0.5) is 0 Å². The molecule has 4 rings (SSSR count). The Morgan fingerprint density at radius 2 is 2.27 bits per heavy atom. The van der Waals surface area contributed by atoms with Crippen molar-refractivity contribution in [3.05, 3.63) is 33.8 Å². The third kappa shape index (κ3) is 2.39. The van der Waals surface area contributed by atoms with Crippen LogP contribution >= 0.6 is 11.3 Å². The van der Waals surface area contributed by atoms with Crippen molar-refractivity contribution in [3.8, 4) is 0 Å². The molecule has 1 N–H and O–H groups in total. The highest BCUT2D eigenvalue weighted by Gasteiger charge is 2.40. The van der Waals surface area contributed by atoms with Crippen molar-refractivity contribution >= 4 is 11.3 Å². The van der Waals surface area contributed by atoms with Crippen LogP contribution in [-0.4, -0.2) is 34.3 Å². The molecule has 2 aliphatic heterocycles. The van der Waals surface area contributed by atoms with Gasteiger partial charge in [0, 0.05) is 37.3 Å². The predicted molar refractivity (Wildman–Crippen MR) is 86.3 cm³/mol. The summed E-state index contributed by atoms with van der Waals surface area (Å²) in [6.07, 6.45) is 6.10. The third-order valence-electron chi connectivity index (χ3n) is 4.81. The van der Waals surface area contributed by atoms with E-state index in [0.717, 1.165) is 57.7 Å².